The van der Waals surface area contributed by atoms with E-state index >= 15 is 0 Å². The summed E-state index contributed by atoms with van der Waals surface area (Å²) < 4.78 is 11.3. The van der Waals surface area contributed by atoms with Crippen molar-refractivity contribution in [1.29, 1.82) is 0 Å². The van der Waals surface area contributed by atoms with E-state index in [1.165, 1.54) is 24.9 Å². The second kappa shape index (κ2) is 9.93. The molecule has 2 rings (SSSR count). The van der Waals surface area contributed by atoms with Crippen molar-refractivity contribution in [2.75, 3.05) is 33.4 Å². The highest BCUT2D eigenvalue weighted by Gasteiger charge is 2.18. The summed E-state index contributed by atoms with van der Waals surface area (Å²) in [5.74, 6) is 1.70. The van der Waals surface area contributed by atoms with Crippen LogP contribution in [0.4, 0.5) is 0 Å². The van der Waals surface area contributed by atoms with Crippen LogP contribution in [0, 0.1) is 0 Å². The molecule has 1 atom stereocenters. The molecule has 1 unspecified atom stereocenters. The fourth-order valence-electron chi connectivity index (χ4n) is 2.89. The van der Waals surface area contributed by atoms with E-state index in [4.69, 9.17) is 9.47 Å². The Bertz CT molecular complexity index is 443. The normalized spacial score (nSPS) is 18.6. The highest BCUT2D eigenvalue weighted by molar-refractivity contribution is 5.85. The second-order valence-corrected chi connectivity index (χ2v) is 5.51. The first-order chi connectivity index (χ1) is 10.3. The first-order valence-electron chi connectivity index (χ1n) is 8.05. The number of rotatable bonds is 7. The van der Waals surface area contributed by atoms with Crippen molar-refractivity contribution in [2.45, 2.75) is 39.3 Å². The van der Waals surface area contributed by atoms with Gasteiger partial charge in [0, 0.05) is 19.1 Å². The molecular formula is C17H29ClN2O2. The lowest BCUT2D eigenvalue weighted by Gasteiger charge is -2.32. The Morgan fingerprint density at radius 3 is 2.59 bits per heavy atom. The van der Waals surface area contributed by atoms with E-state index in [1.807, 2.05) is 19.9 Å². The van der Waals surface area contributed by atoms with Crippen LogP contribution in [-0.4, -0.2) is 44.3 Å². The molecule has 0 saturated carbocycles. The average molecular weight is 329 g/mol. The lowest BCUT2D eigenvalue weighted by molar-refractivity contribution is 0.187. The summed E-state index contributed by atoms with van der Waals surface area (Å²) in [5, 5.41) is 3.39. The molecule has 4 nitrogen and oxygen atoms in total. The molecule has 0 radical (unpaired) electrons. The van der Waals surface area contributed by atoms with Crippen molar-refractivity contribution in [3.05, 3.63) is 23.8 Å². The molecule has 0 bridgehead atoms. The molecule has 1 aromatic carbocycles. The molecule has 0 amide bonds. The molecule has 5 heteroatoms. The van der Waals surface area contributed by atoms with Crippen LogP contribution < -0.4 is 14.8 Å². The predicted octanol–water partition coefficient (Wildman–Crippen LogP) is 3.09. The van der Waals surface area contributed by atoms with Gasteiger partial charge in [0.15, 0.2) is 11.5 Å². The summed E-state index contributed by atoms with van der Waals surface area (Å²) in [6.45, 7) is 8.60. The minimum Gasteiger partial charge on any atom is -0.490 e. The molecule has 0 spiro atoms. The molecule has 1 saturated heterocycles. The zero-order valence-electron chi connectivity index (χ0n) is 13.9. The minimum absolute atomic E-state index is 0. The fourth-order valence-corrected chi connectivity index (χ4v) is 2.89. The van der Waals surface area contributed by atoms with Gasteiger partial charge in [0.25, 0.3) is 0 Å². The maximum atomic E-state index is 5.71. The molecule has 1 heterocycles. The van der Waals surface area contributed by atoms with E-state index in [0.29, 0.717) is 19.3 Å². The van der Waals surface area contributed by atoms with Gasteiger partial charge in [0.05, 0.1) is 13.2 Å². The third-order valence-electron chi connectivity index (χ3n) is 3.93. The Morgan fingerprint density at radius 1 is 1.18 bits per heavy atom. The number of hydrogen-bond donors (Lipinski definition) is 1. The van der Waals surface area contributed by atoms with Gasteiger partial charge in [0.2, 0.25) is 0 Å². The van der Waals surface area contributed by atoms with E-state index in [2.05, 4.69) is 29.4 Å². The van der Waals surface area contributed by atoms with Crippen molar-refractivity contribution >= 4 is 12.4 Å². The minimum atomic E-state index is 0. The number of likely N-dealkylation sites (tertiary alicyclic amines) is 1. The van der Waals surface area contributed by atoms with Crippen molar-refractivity contribution in [3.63, 3.8) is 0 Å². The van der Waals surface area contributed by atoms with Crippen molar-refractivity contribution in [2.24, 2.45) is 0 Å². The van der Waals surface area contributed by atoms with E-state index in [0.717, 1.165) is 24.6 Å². The van der Waals surface area contributed by atoms with Crippen LogP contribution in [0.3, 0.4) is 0 Å². The molecule has 126 valence electrons. The Morgan fingerprint density at radius 2 is 1.91 bits per heavy atom. The van der Waals surface area contributed by atoms with Gasteiger partial charge in [-0.05, 0) is 58.0 Å². The zero-order valence-corrected chi connectivity index (χ0v) is 14.7. The van der Waals surface area contributed by atoms with E-state index in [-0.39, 0.29) is 12.4 Å². The Balaban J connectivity index is 0.00000242. The number of halogens is 1. The highest BCUT2D eigenvalue weighted by atomic mass is 35.5. The van der Waals surface area contributed by atoms with Gasteiger partial charge < -0.3 is 14.8 Å². The van der Waals surface area contributed by atoms with Gasteiger partial charge in [0.1, 0.15) is 0 Å². The molecule has 1 N–H and O–H groups in total. The molecule has 1 aliphatic rings. The molecular weight excluding hydrogens is 300 g/mol. The van der Waals surface area contributed by atoms with Crippen molar-refractivity contribution < 1.29 is 9.47 Å². The largest absolute Gasteiger partial charge is 0.490 e. The summed E-state index contributed by atoms with van der Waals surface area (Å²) in [7, 11) is 2.05. The molecule has 1 fully saturated rings. The summed E-state index contributed by atoms with van der Waals surface area (Å²) in [4.78, 5) is 2.51. The molecule has 1 aliphatic heterocycles. The van der Waals surface area contributed by atoms with Crippen LogP contribution in [0.1, 0.15) is 32.3 Å². The van der Waals surface area contributed by atoms with Crippen LogP contribution in [0.5, 0.6) is 11.5 Å². The standard InChI is InChI=1S/C17H28N2O2.ClH/c1-4-20-16-9-8-14(11-17(16)21-5-2)12-19-10-6-7-15(13-19)18-3;/h8-9,11,15,18H,4-7,10,12-13H2,1-3H3;1H. The zero-order chi connectivity index (χ0) is 15.1. The van der Waals surface area contributed by atoms with E-state index in [9.17, 15) is 0 Å². The lowest BCUT2D eigenvalue weighted by Crippen LogP contribution is -2.43. The smallest absolute Gasteiger partial charge is 0.161 e. The van der Waals surface area contributed by atoms with E-state index < -0.39 is 0 Å². The maximum Gasteiger partial charge on any atom is 0.161 e. The van der Waals surface area contributed by atoms with Crippen LogP contribution in [0.25, 0.3) is 0 Å². The third-order valence-corrected chi connectivity index (χ3v) is 3.93. The van der Waals surface area contributed by atoms with Gasteiger partial charge in [-0.1, -0.05) is 6.07 Å². The number of nitrogens with zero attached hydrogens (tertiary/aromatic N) is 1. The Kier molecular flexibility index (Phi) is 8.61. The average Bonchev–Trinajstić information content (AvgIpc) is 2.50. The van der Waals surface area contributed by atoms with E-state index in [1.54, 1.807) is 0 Å². The fraction of sp³-hybridized carbons (Fsp3) is 0.647. The van der Waals surface area contributed by atoms with Gasteiger partial charge in [-0.3, -0.25) is 4.90 Å². The van der Waals surface area contributed by atoms with Crippen LogP contribution in [0.2, 0.25) is 0 Å². The Labute approximate surface area is 140 Å². The lowest BCUT2D eigenvalue weighted by atomic mass is 10.0. The van der Waals surface area contributed by atoms with Gasteiger partial charge in [-0.2, -0.15) is 0 Å². The molecule has 22 heavy (non-hydrogen) atoms. The van der Waals surface area contributed by atoms with Crippen LogP contribution in [-0.2, 0) is 6.54 Å². The number of piperidine rings is 1. The van der Waals surface area contributed by atoms with Gasteiger partial charge in [-0.15, -0.1) is 12.4 Å². The summed E-state index contributed by atoms with van der Waals surface area (Å²) in [6, 6.07) is 6.92. The molecule has 1 aromatic rings. The number of likely N-dealkylation sites (N-methyl/N-ethyl adjacent to an activating group) is 1. The number of benzene rings is 1. The van der Waals surface area contributed by atoms with Crippen LogP contribution in [0.15, 0.2) is 18.2 Å². The third kappa shape index (κ3) is 5.34. The summed E-state index contributed by atoms with van der Waals surface area (Å²) >= 11 is 0. The highest BCUT2D eigenvalue weighted by Crippen LogP contribution is 2.29. The van der Waals surface area contributed by atoms with Crippen LogP contribution >= 0.6 is 12.4 Å². The quantitative estimate of drug-likeness (QED) is 0.834. The number of ether oxygens (including phenoxy) is 2. The Hall–Kier alpha value is -0.970. The first-order valence-corrected chi connectivity index (χ1v) is 8.05. The number of hydrogen-bond acceptors (Lipinski definition) is 4. The maximum absolute atomic E-state index is 5.71. The monoisotopic (exact) mass is 328 g/mol. The first kappa shape index (κ1) is 19.1. The SMILES string of the molecule is CCOc1ccc(CN2CCCC(NC)C2)cc1OCC.Cl. The summed E-state index contributed by atoms with van der Waals surface area (Å²) in [6.07, 6.45) is 2.54. The van der Waals surface area contributed by atoms with Gasteiger partial charge in [-0.25, -0.2) is 0 Å². The van der Waals surface area contributed by atoms with Crippen molar-refractivity contribution in [3.8, 4) is 11.5 Å². The predicted molar refractivity (Wildman–Crippen MR) is 93.4 cm³/mol. The number of nitrogens with one attached hydrogen (secondary N) is 1. The topological polar surface area (TPSA) is 33.7 Å². The molecule has 0 aromatic heterocycles. The second-order valence-electron chi connectivity index (χ2n) is 5.51. The summed E-state index contributed by atoms with van der Waals surface area (Å²) in [5.41, 5.74) is 1.29. The van der Waals surface area contributed by atoms with Crippen molar-refractivity contribution in [1.82, 2.24) is 10.2 Å². The molecule has 0 aliphatic carbocycles. The van der Waals surface area contributed by atoms with Gasteiger partial charge >= 0.3 is 0 Å².